The van der Waals surface area contributed by atoms with Crippen LogP contribution in [0, 0.1) is 17.3 Å². The standard InChI is InChI=1S/C27H35N3O8S/c1-6-7-18-37-20-12-14-22(15-13-20)39(35,36)30(5)24(25(31)29-34)19-8-10-21(11-9-19)38-23(27(2,3)4)16-17-28-26(32)33/h8-15,23-24,28,34H,16-18H2,1-5H3,(H,29,31)(H,32,33). The molecule has 0 saturated carbocycles. The van der Waals surface area contributed by atoms with Crippen LogP contribution in [0.3, 0.4) is 0 Å². The van der Waals surface area contributed by atoms with E-state index in [1.165, 1.54) is 43.4 Å². The summed E-state index contributed by atoms with van der Waals surface area (Å²) in [5.74, 6) is 5.39. The maximum Gasteiger partial charge on any atom is 0.404 e. The van der Waals surface area contributed by atoms with Crippen molar-refractivity contribution in [2.75, 3.05) is 20.2 Å². The van der Waals surface area contributed by atoms with Gasteiger partial charge in [-0.15, -0.1) is 5.92 Å². The Hall–Kier alpha value is -3.79. The van der Waals surface area contributed by atoms with Crippen LogP contribution in [0.1, 0.15) is 45.7 Å². The van der Waals surface area contributed by atoms with Crippen LogP contribution >= 0.6 is 0 Å². The van der Waals surface area contributed by atoms with E-state index in [2.05, 4.69) is 17.2 Å². The molecule has 2 amide bonds. The number of hydrogen-bond acceptors (Lipinski definition) is 7. The predicted octanol–water partition coefficient (Wildman–Crippen LogP) is 3.41. The molecule has 0 aliphatic heterocycles. The van der Waals surface area contributed by atoms with E-state index in [-0.39, 0.29) is 35.1 Å². The van der Waals surface area contributed by atoms with E-state index in [0.29, 0.717) is 17.9 Å². The number of ether oxygens (including phenoxy) is 2. The van der Waals surface area contributed by atoms with Crippen molar-refractivity contribution in [3.63, 3.8) is 0 Å². The fourth-order valence-electron chi connectivity index (χ4n) is 3.66. The number of carboxylic acid groups (broad SMARTS) is 1. The second kappa shape index (κ2) is 13.8. The Bertz CT molecular complexity index is 1280. The van der Waals surface area contributed by atoms with Gasteiger partial charge in [0.25, 0.3) is 5.91 Å². The van der Waals surface area contributed by atoms with Gasteiger partial charge in [0.15, 0.2) is 0 Å². The quantitative estimate of drug-likeness (QED) is 0.175. The normalized spacial score (nSPS) is 13.0. The highest BCUT2D eigenvalue weighted by Crippen LogP contribution is 2.31. The van der Waals surface area contributed by atoms with Gasteiger partial charge in [0, 0.05) is 20.0 Å². The van der Waals surface area contributed by atoms with Gasteiger partial charge in [-0.25, -0.2) is 18.7 Å². The number of amides is 2. The molecule has 2 atom stereocenters. The lowest BCUT2D eigenvalue weighted by Crippen LogP contribution is -2.40. The van der Waals surface area contributed by atoms with E-state index in [0.717, 1.165) is 4.31 Å². The molecule has 0 aliphatic carbocycles. The van der Waals surface area contributed by atoms with Crippen molar-refractivity contribution in [1.82, 2.24) is 15.1 Å². The van der Waals surface area contributed by atoms with Crippen LogP contribution in [-0.2, 0) is 14.8 Å². The number of hydroxylamine groups is 1. The zero-order valence-corrected chi connectivity index (χ0v) is 23.4. The number of sulfonamides is 1. The molecule has 0 spiro atoms. The molecule has 2 unspecified atom stereocenters. The van der Waals surface area contributed by atoms with Crippen LogP contribution in [0.4, 0.5) is 4.79 Å². The summed E-state index contributed by atoms with van der Waals surface area (Å²) in [4.78, 5) is 23.3. The number of nitrogens with one attached hydrogen (secondary N) is 2. The number of carbonyl (C=O) groups excluding carboxylic acids is 1. The molecule has 0 saturated heterocycles. The van der Waals surface area contributed by atoms with Gasteiger partial charge in [-0.1, -0.05) is 38.8 Å². The summed E-state index contributed by atoms with van der Waals surface area (Å²) in [6.07, 6.45) is -1.04. The molecule has 11 nitrogen and oxygen atoms in total. The minimum atomic E-state index is -4.16. The Labute approximate surface area is 229 Å². The molecule has 0 aliphatic rings. The molecule has 2 aromatic carbocycles. The van der Waals surface area contributed by atoms with Gasteiger partial charge in [-0.3, -0.25) is 10.0 Å². The van der Waals surface area contributed by atoms with Gasteiger partial charge < -0.3 is 19.9 Å². The summed E-state index contributed by atoms with van der Waals surface area (Å²) in [6, 6.07) is 10.5. The van der Waals surface area contributed by atoms with Gasteiger partial charge in [0.1, 0.15) is 30.3 Å². The van der Waals surface area contributed by atoms with Gasteiger partial charge in [-0.2, -0.15) is 4.31 Å². The molecule has 0 aromatic heterocycles. The fraction of sp³-hybridized carbons (Fsp3) is 0.407. The second-order valence-electron chi connectivity index (χ2n) is 9.65. The molecule has 12 heteroatoms. The number of nitrogens with zero attached hydrogens (tertiary/aromatic N) is 1. The third-order valence-electron chi connectivity index (χ3n) is 5.83. The van der Waals surface area contributed by atoms with Crippen molar-refractivity contribution in [2.24, 2.45) is 5.41 Å². The monoisotopic (exact) mass is 561 g/mol. The molecule has 2 rings (SSSR count). The van der Waals surface area contributed by atoms with Crippen LogP contribution in [0.5, 0.6) is 11.5 Å². The van der Waals surface area contributed by atoms with Crippen LogP contribution < -0.4 is 20.3 Å². The average Bonchev–Trinajstić information content (AvgIpc) is 2.88. The minimum absolute atomic E-state index is 0.0717. The third kappa shape index (κ3) is 8.88. The first-order valence-corrected chi connectivity index (χ1v) is 13.5. The summed E-state index contributed by atoms with van der Waals surface area (Å²) in [6.45, 7) is 7.94. The van der Waals surface area contributed by atoms with Crippen molar-refractivity contribution in [3.8, 4) is 23.3 Å². The average molecular weight is 562 g/mol. The summed E-state index contributed by atoms with van der Waals surface area (Å²) in [5.41, 5.74) is 1.52. The van der Waals surface area contributed by atoms with Crippen molar-refractivity contribution < 1.29 is 37.8 Å². The SMILES string of the molecule is CC#CCOc1ccc(S(=O)(=O)N(C)C(C(=O)NO)c2ccc(OC(CCNC(=O)O)C(C)(C)C)cc2)cc1. The summed E-state index contributed by atoms with van der Waals surface area (Å²) in [7, 11) is -2.92. The smallest absolute Gasteiger partial charge is 0.404 e. The maximum absolute atomic E-state index is 13.3. The summed E-state index contributed by atoms with van der Waals surface area (Å²) in [5, 5.41) is 20.5. The lowest BCUT2D eigenvalue weighted by atomic mass is 9.87. The Morgan fingerprint density at radius 2 is 1.64 bits per heavy atom. The van der Waals surface area contributed by atoms with E-state index in [9.17, 15) is 23.2 Å². The lowest BCUT2D eigenvalue weighted by molar-refractivity contribution is -0.133. The highest BCUT2D eigenvalue weighted by atomic mass is 32.2. The number of benzene rings is 2. The Kier molecular flexibility index (Phi) is 11.2. The van der Waals surface area contributed by atoms with Gasteiger partial charge in [0.05, 0.1) is 4.90 Å². The molecule has 0 fully saturated rings. The molecular formula is C27H35N3O8S. The second-order valence-corrected chi connectivity index (χ2v) is 11.6. The van der Waals surface area contributed by atoms with Crippen molar-refractivity contribution in [1.29, 1.82) is 0 Å². The van der Waals surface area contributed by atoms with Crippen LogP contribution in [0.15, 0.2) is 53.4 Å². The minimum Gasteiger partial charge on any atom is -0.490 e. The van der Waals surface area contributed by atoms with Gasteiger partial charge >= 0.3 is 6.09 Å². The van der Waals surface area contributed by atoms with Crippen molar-refractivity contribution in [3.05, 3.63) is 54.1 Å². The van der Waals surface area contributed by atoms with Crippen LogP contribution in [-0.4, -0.2) is 61.3 Å². The zero-order chi connectivity index (χ0) is 29.2. The van der Waals surface area contributed by atoms with E-state index >= 15 is 0 Å². The van der Waals surface area contributed by atoms with E-state index in [1.54, 1.807) is 24.5 Å². The molecular weight excluding hydrogens is 526 g/mol. The van der Waals surface area contributed by atoms with E-state index < -0.39 is 28.1 Å². The topological polar surface area (TPSA) is 154 Å². The molecule has 0 bridgehead atoms. The fourth-order valence-corrected chi connectivity index (χ4v) is 4.97. The Balaban J connectivity index is 2.27. The Morgan fingerprint density at radius 3 is 2.15 bits per heavy atom. The molecule has 4 N–H and O–H groups in total. The van der Waals surface area contributed by atoms with Crippen molar-refractivity contribution >= 4 is 22.0 Å². The number of rotatable bonds is 12. The lowest BCUT2D eigenvalue weighted by Gasteiger charge is -2.31. The first kappa shape index (κ1) is 31.4. The number of likely N-dealkylation sites (N-methyl/N-ethyl adjacent to an activating group) is 1. The number of carbonyl (C=O) groups is 2. The van der Waals surface area contributed by atoms with E-state index in [4.69, 9.17) is 14.6 Å². The maximum atomic E-state index is 13.3. The first-order valence-electron chi connectivity index (χ1n) is 12.1. The highest BCUT2D eigenvalue weighted by molar-refractivity contribution is 7.89. The molecule has 2 aromatic rings. The molecule has 0 radical (unpaired) electrons. The summed E-state index contributed by atoms with van der Waals surface area (Å²) < 4.78 is 39.0. The van der Waals surface area contributed by atoms with Gasteiger partial charge in [-0.05, 0) is 54.3 Å². The summed E-state index contributed by atoms with van der Waals surface area (Å²) >= 11 is 0. The first-order chi connectivity index (χ1) is 18.3. The highest BCUT2D eigenvalue weighted by Gasteiger charge is 2.34. The molecule has 39 heavy (non-hydrogen) atoms. The number of hydrogen-bond donors (Lipinski definition) is 4. The molecule has 0 heterocycles. The largest absolute Gasteiger partial charge is 0.490 e. The molecule has 212 valence electrons. The predicted molar refractivity (Wildman–Crippen MR) is 144 cm³/mol. The van der Waals surface area contributed by atoms with E-state index in [1.807, 2.05) is 20.8 Å². The third-order valence-corrected chi connectivity index (χ3v) is 7.67. The van der Waals surface area contributed by atoms with Crippen molar-refractivity contribution in [2.45, 2.75) is 51.2 Å². The van der Waals surface area contributed by atoms with Gasteiger partial charge in [0.2, 0.25) is 10.0 Å². The Morgan fingerprint density at radius 1 is 1.05 bits per heavy atom. The van der Waals surface area contributed by atoms with Crippen LogP contribution in [0.25, 0.3) is 0 Å². The van der Waals surface area contributed by atoms with Crippen LogP contribution in [0.2, 0.25) is 0 Å². The zero-order valence-electron chi connectivity index (χ0n) is 22.6.